The fraction of sp³-hybridized carbons (Fsp3) is 0.0769. The van der Waals surface area contributed by atoms with Gasteiger partial charge in [0.2, 0.25) is 0 Å². The van der Waals surface area contributed by atoms with Gasteiger partial charge in [-0.3, -0.25) is 0 Å². The van der Waals surface area contributed by atoms with Crippen molar-refractivity contribution in [1.29, 1.82) is 0 Å². The first-order valence-electron chi connectivity index (χ1n) is 9.57. The normalized spacial score (nSPS) is 12.5. The van der Waals surface area contributed by atoms with E-state index in [4.69, 9.17) is 0 Å². The van der Waals surface area contributed by atoms with E-state index in [0.717, 1.165) is 5.56 Å². The third-order valence-corrected chi connectivity index (χ3v) is 9.48. The van der Waals surface area contributed by atoms with Crippen LogP contribution in [0.15, 0.2) is 115 Å². The van der Waals surface area contributed by atoms with Gasteiger partial charge in [0, 0.05) is 0 Å². The lowest BCUT2D eigenvalue weighted by atomic mass is 10.1. The minimum absolute atomic E-state index is 0.466. The summed E-state index contributed by atoms with van der Waals surface area (Å²) in [5.74, 6) is 0. The van der Waals surface area contributed by atoms with Crippen molar-refractivity contribution in [1.82, 2.24) is 0 Å². The Bertz CT molecular complexity index is 914. The molecule has 0 saturated carbocycles. The number of rotatable bonds is 5. The predicted octanol–water partition coefficient (Wildman–Crippen LogP) is 4.36. The summed E-state index contributed by atoms with van der Waals surface area (Å²) in [7, 11) is -2.04. The molecule has 0 amide bonds. The van der Waals surface area contributed by atoms with Gasteiger partial charge in [-0.15, -0.1) is 0 Å². The summed E-state index contributed by atoms with van der Waals surface area (Å²) in [6.45, 7) is 1.81. The molecule has 0 spiro atoms. The van der Waals surface area contributed by atoms with Gasteiger partial charge in [-0.2, -0.15) is 0 Å². The van der Waals surface area contributed by atoms with E-state index < -0.39 is 13.4 Å². The van der Waals surface area contributed by atoms with Crippen LogP contribution in [0.5, 0.6) is 0 Å². The third-order valence-electron chi connectivity index (χ3n) is 5.19. The van der Waals surface area contributed by atoms with Gasteiger partial charge in [0.25, 0.3) is 0 Å². The van der Waals surface area contributed by atoms with E-state index in [1.54, 1.807) is 0 Å². The number of aliphatic hydroxyl groups is 1. The van der Waals surface area contributed by atoms with Crippen molar-refractivity contribution in [2.75, 3.05) is 0 Å². The quantitative estimate of drug-likeness (QED) is 0.508. The fourth-order valence-electron chi connectivity index (χ4n) is 3.83. The molecule has 1 atom stereocenters. The Labute approximate surface area is 167 Å². The maximum absolute atomic E-state index is 9.98. The smallest absolute Gasteiger partial charge is 0.144 e. The van der Waals surface area contributed by atoms with Crippen LogP contribution in [-0.4, -0.2) is 5.11 Å². The first kappa shape index (κ1) is 18.6. The van der Waals surface area contributed by atoms with Crippen molar-refractivity contribution < 1.29 is 5.11 Å². The number of aliphatic hydroxyl groups excluding tert-OH is 1. The molecule has 0 aliphatic heterocycles. The van der Waals surface area contributed by atoms with Crippen LogP contribution in [0, 0.1) is 0 Å². The Kier molecular flexibility index (Phi) is 5.39. The summed E-state index contributed by atoms with van der Waals surface area (Å²) in [5.41, 5.74) is 0.941. The van der Waals surface area contributed by atoms with Crippen LogP contribution < -0.4 is 21.2 Å². The van der Waals surface area contributed by atoms with Gasteiger partial charge in [0.1, 0.15) is 28.5 Å². The van der Waals surface area contributed by atoms with E-state index in [2.05, 4.69) is 115 Å². The molecule has 0 aromatic heterocycles. The number of hydrogen-bond acceptors (Lipinski definition) is 1. The average molecular weight is 383 g/mol. The lowest BCUT2D eigenvalue weighted by molar-refractivity contribution is 0.199. The molecule has 0 saturated heterocycles. The van der Waals surface area contributed by atoms with Crippen molar-refractivity contribution in [2.45, 2.75) is 13.0 Å². The molecule has 1 unspecified atom stereocenters. The summed E-state index contributed by atoms with van der Waals surface area (Å²) in [5, 5.41) is 15.3. The van der Waals surface area contributed by atoms with Gasteiger partial charge in [-0.1, -0.05) is 66.7 Å². The largest absolute Gasteiger partial charge is 0.389 e. The highest BCUT2D eigenvalue weighted by Gasteiger charge is 2.47. The van der Waals surface area contributed by atoms with Crippen LogP contribution in [0.3, 0.4) is 0 Å². The predicted molar refractivity (Wildman–Crippen MR) is 122 cm³/mol. The topological polar surface area (TPSA) is 20.2 Å². The van der Waals surface area contributed by atoms with Crippen LogP contribution in [0.1, 0.15) is 18.6 Å². The maximum atomic E-state index is 9.98. The Morgan fingerprint density at radius 3 is 1.14 bits per heavy atom. The second-order valence-corrected chi connectivity index (χ2v) is 10.4. The summed E-state index contributed by atoms with van der Waals surface area (Å²) in [6, 6.07) is 41.0. The third kappa shape index (κ3) is 3.29. The highest BCUT2D eigenvalue weighted by molar-refractivity contribution is 8.01. The van der Waals surface area contributed by atoms with Gasteiger partial charge >= 0.3 is 0 Å². The van der Waals surface area contributed by atoms with Crippen LogP contribution in [0.2, 0.25) is 0 Å². The van der Waals surface area contributed by atoms with E-state index in [1.165, 1.54) is 21.2 Å². The molecule has 0 aliphatic rings. The van der Waals surface area contributed by atoms with Crippen LogP contribution in [0.25, 0.3) is 0 Å². The zero-order chi connectivity index (χ0) is 19.4. The fourth-order valence-corrected chi connectivity index (χ4v) is 8.07. The molecule has 0 aliphatic carbocycles. The van der Waals surface area contributed by atoms with Gasteiger partial charge in [0.15, 0.2) is 0 Å². The molecule has 2 heteroatoms. The Hall–Kier alpha value is -2.73. The molecule has 4 aromatic rings. The second-order valence-electron chi connectivity index (χ2n) is 6.94. The Balaban J connectivity index is 2.07. The maximum Gasteiger partial charge on any atom is 0.144 e. The highest BCUT2D eigenvalue weighted by atomic mass is 31.2. The van der Waals surface area contributed by atoms with E-state index in [-0.39, 0.29) is 0 Å². The van der Waals surface area contributed by atoms with Crippen molar-refractivity contribution >= 4 is 28.5 Å². The molecular weight excluding hydrogens is 359 g/mol. The molecular formula is C26H24OP+. The van der Waals surface area contributed by atoms with E-state index in [0.29, 0.717) is 0 Å². The summed E-state index contributed by atoms with van der Waals surface area (Å²) < 4.78 is 0. The van der Waals surface area contributed by atoms with Gasteiger partial charge in [-0.25, -0.2) is 0 Å². The SMILES string of the molecule is CC(O)c1ccc([P+](c2ccccc2)(c2ccccc2)c2ccccc2)cc1. The first-order chi connectivity index (χ1) is 13.7. The van der Waals surface area contributed by atoms with E-state index in [9.17, 15) is 5.11 Å². The summed E-state index contributed by atoms with van der Waals surface area (Å²) in [6.07, 6.45) is -0.466. The van der Waals surface area contributed by atoms with E-state index in [1.807, 2.05) is 6.92 Å². The average Bonchev–Trinajstić information content (AvgIpc) is 2.77. The zero-order valence-electron chi connectivity index (χ0n) is 15.9. The summed E-state index contributed by atoms with van der Waals surface area (Å²) >= 11 is 0. The molecule has 4 rings (SSSR count). The molecule has 1 nitrogen and oxygen atoms in total. The summed E-state index contributed by atoms with van der Waals surface area (Å²) in [4.78, 5) is 0. The van der Waals surface area contributed by atoms with Crippen molar-refractivity contribution in [2.24, 2.45) is 0 Å². The molecule has 4 aromatic carbocycles. The lowest BCUT2D eigenvalue weighted by Crippen LogP contribution is -2.38. The lowest BCUT2D eigenvalue weighted by Gasteiger charge is -2.27. The minimum atomic E-state index is -2.04. The molecule has 0 bridgehead atoms. The van der Waals surface area contributed by atoms with Gasteiger partial charge < -0.3 is 5.11 Å². The first-order valence-corrected chi connectivity index (χ1v) is 11.4. The van der Waals surface area contributed by atoms with Crippen molar-refractivity contribution in [3.05, 3.63) is 121 Å². The molecule has 0 radical (unpaired) electrons. The monoisotopic (exact) mass is 383 g/mol. The molecule has 28 heavy (non-hydrogen) atoms. The number of hydrogen-bond donors (Lipinski definition) is 1. The van der Waals surface area contributed by atoms with Crippen molar-refractivity contribution in [3.63, 3.8) is 0 Å². The van der Waals surface area contributed by atoms with E-state index >= 15 is 0 Å². The van der Waals surface area contributed by atoms with Gasteiger partial charge in [-0.05, 0) is 61.0 Å². The standard InChI is InChI=1S/C26H24OP/c1-21(27)22-17-19-26(20-18-22)28(23-11-5-2-6-12-23,24-13-7-3-8-14-24)25-15-9-4-10-16-25/h2-21,27H,1H3/q+1. The second kappa shape index (κ2) is 8.10. The molecule has 0 fully saturated rings. The Morgan fingerprint density at radius 1 is 0.500 bits per heavy atom. The van der Waals surface area contributed by atoms with Crippen LogP contribution >= 0.6 is 7.26 Å². The minimum Gasteiger partial charge on any atom is -0.389 e. The van der Waals surface area contributed by atoms with Crippen LogP contribution in [0.4, 0.5) is 0 Å². The number of benzene rings is 4. The highest BCUT2D eigenvalue weighted by Crippen LogP contribution is 2.54. The molecule has 1 N–H and O–H groups in total. The Morgan fingerprint density at radius 2 is 0.821 bits per heavy atom. The molecule has 0 heterocycles. The zero-order valence-corrected chi connectivity index (χ0v) is 16.8. The van der Waals surface area contributed by atoms with Gasteiger partial charge in [0.05, 0.1) is 6.10 Å². The molecule has 138 valence electrons. The van der Waals surface area contributed by atoms with Crippen molar-refractivity contribution in [3.8, 4) is 0 Å². The van der Waals surface area contributed by atoms with Crippen LogP contribution in [-0.2, 0) is 0 Å².